The van der Waals surface area contributed by atoms with Gasteiger partial charge in [-0.05, 0) is 39.1 Å². The molecule has 0 bridgehead atoms. The zero-order chi connectivity index (χ0) is 11.1. The number of nitriles is 1. The molecule has 3 heteroatoms. The van der Waals surface area contributed by atoms with Gasteiger partial charge in [0, 0.05) is 18.7 Å². The summed E-state index contributed by atoms with van der Waals surface area (Å²) < 4.78 is 0. The number of aryl methyl sites for hydroxylation is 1. The van der Waals surface area contributed by atoms with Crippen LogP contribution in [0, 0.1) is 18.3 Å². The minimum Gasteiger partial charge on any atom is -0.301 e. The minimum atomic E-state index is 0.631. The van der Waals surface area contributed by atoms with E-state index in [2.05, 4.69) is 23.0 Å². The van der Waals surface area contributed by atoms with Crippen molar-refractivity contribution in [1.82, 2.24) is 9.88 Å². The largest absolute Gasteiger partial charge is 0.301 e. The summed E-state index contributed by atoms with van der Waals surface area (Å²) in [6.45, 7) is 3.80. The molecule has 1 aromatic heterocycles. The molecule has 80 valence electrons. The Hall–Kier alpha value is -1.40. The van der Waals surface area contributed by atoms with Crippen molar-refractivity contribution in [2.24, 2.45) is 0 Å². The van der Waals surface area contributed by atoms with Crippen molar-refractivity contribution in [2.75, 3.05) is 13.6 Å². The summed E-state index contributed by atoms with van der Waals surface area (Å²) in [5.74, 6) is 0. The Kier molecular flexibility index (Phi) is 4.79. The smallest absolute Gasteiger partial charge is 0.0622 e. The van der Waals surface area contributed by atoms with Gasteiger partial charge in [0.1, 0.15) is 0 Å². The van der Waals surface area contributed by atoms with E-state index in [4.69, 9.17) is 5.26 Å². The molecule has 0 aliphatic heterocycles. The van der Waals surface area contributed by atoms with Crippen molar-refractivity contribution in [3.63, 3.8) is 0 Å². The van der Waals surface area contributed by atoms with Crippen molar-refractivity contribution >= 4 is 0 Å². The molecule has 3 nitrogen and oxygen atoms in total. The van der Waals surface area contributed by atoms with Crippen LogP contribution in [0.5, 0.6) is 0 Å². The highest BCUT2D eigenvalue weighted by molar-refractivity contribution is 5.09. The molecule has 0 saturated carbocycles. The van der Waals surface area contributed by atoms with Crippen LogP contribution in [-0.2, 0) is 6.54 Å². The van der Waals surface area contributed by atoms with E-state index in [0.29, 0.717) is 6.42 Å². The van der Waals surface area contributed by atoms with Gasteiger partial charge in [0.15, 0.2) is 0 Å². The van der Waals surface area contributed by atoms with Gasteiger partial charge in [-0.3, -0.25) is 4.98 Å². The highest BCUT2D eigenvalue weighted by atomic mass is 15.1. The fraction of sp³-hybridized carbons (Fsp3) is 0.500. The van der Waals surface area contributed by atoms with Gasteiger partial charge in [0.2, 0.25) is 0 Å². The third-order valence-corrected chi connectivity index (χ3v) is 2.21. The summed E-state index contributed by atoms with van der Waals surface area (Å²) in [6.07, 6.45) is 1.56. The van der Waals surface area contributed by atoms with Crippen molar-refractivity contribution in [2.45, 2.75) is 26.3 Å². The van der Waals surface area contributed by atoms with E-state index in [1.807, 2.05) is 25.1 Å². The predicted octanol–water partition coefficient (Wildman–Crippen LogP) is 2.13. The van der Waals surface area contributed by atoms with Gasteiger partial charge in [-0.2, -0.15) is 5.26 Å². The molecule has 15 heavy (non-hydrogen) atoms. The normalized spacial score (nSPS) is 10.3. The summed E-state index contributed by atoms with van der Waals surface area (Å²) in [7, 11) is 2.06. The Morgan fingerprint density at radius 2 is 2.27 bits per heavy atom. The van der Waals surface area contributed by atoms with Crippen LogP contribution in [0.1, 0.15) is 24.2 Å². The third-order valence-electron chi connectivity index (χ3n) is 2.21. The molecule has 1 rings (SSSR count). The Balaban J connectivity index is 2.38. The van der Waals surface area contributed by atoms with Crippen molar-refractivity contribution < 1.29 is 0 Å². The van der Waals surface area contributed by atoms with Crippen LogP contribution in [0.4, 0.5) is 0 Å². The first kappa shape index (κ1) is 11.7. The average Bonchev–Trinajstić information content (AvgIpc) is 2.18. The molecule has 1 aromatic rings. The maximum Gasteiger partial charge on any atom is 0.0622 e. The maximum atomic E-state index is 8.42. The number of unbranched alkanes of at least 4 members (excludes halogenated alkanes) is 1. The number of hydrogen-bond donors (Lipinski definition) is 0. The average molecular weight is 203 g/mol. The minimum absolute atomic E-state index is 0.631. The van der Waals surface area contributed by atoms with Gasteiger partial charge < -0.3 is 4.90 Å². The first-order valence-corrected chi connectivity index (χ1v) is 5.20. The summed E-state index contributed by atoms with van der Waals surface area (Å²) >= 11 is 0. The fourth-order valence-electron chi connectivity index (χ4n) is 1.47. The Bertz CT molecular complexity index is 341. The van der Waals surface area contributed by atoms with Gasteiger partial charge in [0.25, 0.3) is 0 Å². The van der Waals surface area contributed by atoms with Gasteiger partial charge in [-0.15, -0.1) is 0 Å². The van der Waals surface area contributed by atoms with E-state index in [0.717, 1.165) is 30.9 Å². The lowest BCUT2D eigenvalue weighted by Gasteiger charge is -2.15. The molecule has 0 spiro atoms. The van der Waals surface area contributed by atoms with Crippen molar-refractivity contribution in [3.8, 4) is 6.07 Å². The zero-order valence-electron chi connectivity index (χ0n) is 9.40. The summed E-state index contributed by atoms with van der Waals surface area (Å²) in [4.78, 5) is 6.63. The highest BCUT2D eigenvalue weighted by Crippen LogP contribution is 2.02. The van der Waals surface area contributed by atoms with Gasteiger partial charge in [0.05, 0.1) is 11.8 Å². The van der Waals surface area contributed by atoms with E-state index < -0.39 is 0 Å². The molecular weight excluding hydrogens is 186 g/mol. The monoisotopic (exact) mass is 203 g/mol. The van der Waals surface area contributed by atoms with Crippen LogP contribution in [0.15, 0.2) is 18.2 Å². The van der Waals surface area contributed by atoms with Crippen LogP contribution >= 0.6 is 0 Å². The summed E-state index contributed by atoms with van der Waals surface area (Å²) in [6, 6.07) is 8.22. The molecule has 0 saturated heterocycles. The second-order valence-corrected chi connectivity index (χ2v) is 3.77. The number of hydrogen-bond acceptors (Lipinski definition) is 3. The molecule has 1 heterocycles. The molecule has 0 aliphatic rings. The van der Waals surface area contributed by atoms with Gasteiger partial charge >= 0.3 is 0 Å². The van der Waals surface area contributed by atoms with E-state index in [1.165, 1.54) is 0 Å². The molecule has 0 aliphatic carbocycles. The van der Waals surface area contributed by atoms with E-state index in [9.17, 15) is 0 Å². The topological polar surface area (TPSA) is 39.9 Å². The molecule has 0 amide bonds. The Morgan fingerprint density at radius 1 is 1.47 bits per heavy atom. The number of nitrogens with zero attached hydrogens (tertiary/aromatic N) is 3. The lowest BCUT2D eigenvalue weighted by atomic mass is 10.2. The van der Waals surface area contributed by atoms with Crippen LogP contribution in [0.25, 0.3) is 0 Å². The lowest BCUT2D eigenvalue weighted by molar-refractivity contribution is 0.319. The van der Waals surface area contributed by atoms with Gasteiger partial charge in [-0.1, -0.05) is 6.07 Å². The van der Waals surface area contributed by atoms with Crippen LogP contribution in [0.3, 0.4) is 0 Å². The number of pyridine rings is 1. The molecule has 0 fully saturated rings. The second kappa shape index (κ2) is 6.15. The molecule has 0 atom stereocenters. The lowest BCUT2D eigenvalue weighted by Crippen LogP contribution is -2.19. The maximum absolute atomic E-state index is 8.42. The van der Waals surface area contributed by atoms with Crippen LogP contribution < -0.4 is 0 Å². The molecule has 0 N–H and O–H groups in total. The molecule has 0 unspecified atom stereocenters. The number of aromatic nitrogens is 1. The summed E-state index contributed by atoms with van der Waals surface area (Å²) in [5, 5.41) is 8.42. The van der Waals surface area contributed by atoms with E-state index in [-0.39, 0.29) is 0 Å². The van der Waals surface area contributed by atoms with Gasteiger partial charge in [-0.25, -0.2) is 0 Å². The second-order valence-electron chi connectivity index (χ2n) is 3.77. The van der Waals surface area contributed by atoms with Crippen LogP contribution in [0.2, 0.25) is 0 Å². The standard InChI is InChI=1S/C12H17N3/c1-11-6-5-7-12(14-11)10-15(2)9-4-3-8-13/h5-7H,3-4,9-10H2,1-2H3. The fourth-order valence-corrected chi connectivity index (χ4v) is 1.47. The van der Waals surface area contributed by atoms with Crippen LogP contribution in [-0.4, -0.2) is 23.5 Å². The predicted molar refractivity (Wildman–Crippen MR) is 60.2 cm³/mol. The van der Waals surface area contributed by atoms with Crippen molar-refractivity contribution in [1.29, 1.82) is 5.26 Å². The first-order chi connectivity index (χ1) is 7.22. The summed E-state index contributed by atoms with van der Waals surface area (Å²) in [5.41, 5.74) is 2.15. The van der Waals surface area contributed by atoms with E-state index >= 15 is 0 Å². The van der Waals surface area contributed by atoms with Crippen molar-refractivity contribution in [3.05, 3.63) is 29.6 Å². The number of rotatable bonds is 5. The molecular formula is C12H17N3. The third kappa shape index (κ3) is 4.57. The van der Waals surface area contributed by atoms with E-state index in [1.54, 1.807) is 0 Å². The SMILES string of the molecule is Cc1cccc(CN(C)CCCC#N)n1. The zero-order valence-corrected chi connectivity index (χ0v) is 9.40. The first-order valence-electron chi connectivity index (χ1n) is 5.20. The molecule has 0 aromatic carbocycles. The highest BCUT2D eigenvalue weighted by Gasteiger charge is 2.00. The Labute approximate surface area is 91.4 Å². The quantitative estimate of drug-likeness (QED) is 0.688. The Morgan fingerprint density at radius 3 is 2.93 bits per heavy atom. The molecule has 0 radical (unpaired) electrons.